The number of rotatable bonds is 10. The molecule has 1 atom stereocenters. The molecule has 0 aliphatic heterocycles. The maximum atomic E-state index is 12.2. The normalized spacial score (nSPS) is 11.4. The summed E-state index contributed by atoms with van der Waals surface area (Å²) in [5, 5.41) is 3.49. The molecule has 0 saturated heterocycles. The van der Waals surface area contributed by atoms with Crippen molar-refractivity contribution in [2.75, 3.05) is 13.7 Å². The second-order valence-corrected chi connectivity index (χ2v) is 7.14. The summed E-state index contributed by atoms with van der Waals surface area (Å²) < 4.78 is 9.57. The van der Waals surface area contributed by atoms with Gasteiger partial charge in [0.2, 0.25) is 5.91 Å². The van der Waals surface area contributed by atoms with E-state index < -0.39 is 12.0 Å². The number of benzene rings is 2. The van der Waals surface area contributed by atoms with Gasteiger partial charge in [-0.2, -0.15) is 0 Å². The van der Waals surface area contributed by atoms with E-state index >= 15 is 0 Å². The van der Waals surface area contributed by atoms with Crippen LogP contribution in [0.25, 0.3) is 11.1 Å². The van der Waals surface area contributed by atoms with Crippen LogP contribution in [0.1, 0.15) is 31.7 Å². The Morgan fingerprint density at radius 2 is 1.70 bits per heavy atom. The minimum absolute atomic E-state index is 0.00254. The van der Waals surface area contributed by atoms with Gasteiger partial charge in [0.05, 0.1) is 26.6 Å². The van der Waals surface area contributed by atoms with Gasteiger partial charge in [-0.25, -0.2) is 0 Å². The lowest BCUT2D eigenvalue weighted by Crippen LogP contribution is -2.38. The smallest absolute Gasteiger partial charge is 0.307 e. The fourth-order valence-electron chi connectivity index (χ4n) is 3.01. The molecule has 0 fully saturated rings. The highest BCUT2D eigenvalue weighted by atomic mass is 35.5. The number of carbonyl (C=O) groups excluding carboxylic acids is 3. The number of hydrogen-bond donors (Lipinski definition) is 1. The molecular weight excluding hydrogens is 406 g/mol. The Hall–Kier alpha value is -2.86. The van der Waals surface area contributed by atoms with Crippen molar-refractivity contribution in [3.8, 4) is 11.1 Å². The maximum Gasteiger partial charge on any atom is 0.307 e. The predicted octanol–water partition coefficient (Wildman–Crippen LogP) is 3.94. The van der Waals surface area contributed by atoms with Crippen LogP contribution in [-0.2, 0) is 30.3 Å². The molecule has 2 rings (SSSR count). The minimum atomic E-state index is -0.456. The predicted molar refractivity (Wildman–Crippen MR) is 115 cm³/mol. The first-order valence-electron chi connectivity index (χ1n) is 9.78. The Morgan fingerprint density at radius 1 is 1.00 bits per heavy atom. The second-order valence-electron chi connectivity index (χ2n) is 6.73. The van der Waals surface area contributed by atoms with Crippen molar-refractivity contribution in [3.05, 3.63) is 59.1 Å². The third kappa shape index (κ3) is 7.52. The number of esters is 2. The van der Waals surface area contributed by atoms with Crippen molar-refractivity contribution < 1.29 is 23.9 Å². The van der Waals surface area contributed by atoms with Crippen molar-refractivity contribution in [2.24, 2.45) is 0 Å². The summed E-state index contributed by atoms with van der Waals surface area (Å²) in [5.74, 6) is -1.16. The summed E-state index contributed by atoms with van der Waals surface area (Å²) in [6.45, 7) is 2.00. The van der Waals surface area contributed by atoms with Gasteiger partial charge in [-0.3, -0.25) is 14.4 Å². The first-order valence-corrected chi connectivity index (χ1v) is 10.2. The molecule has 1 N–H and O–H groups in total. The molecule has 7 heteroatoms. The highest BCUT2D eigenvalue weighted by molar-refractivity contribution is 6.33. The SMILES string of the molecule is CCOC(=O)C[C@@H](Cc1ccc(-c2ccccc2Cl)cc1)NC(=O)CCC(=O)OC. The van der Waals surface area contributed by atoms with E-state index in [1.165, 1.54) is 7.11 Å². The summed E-state index contributed by atoms with van der Waals surface area (Å²) in [6.07, 6.45) is 0.480. The van der Waals surface area contributed by atoms with E-state index in [0.717, 1.165) is 16.7 Å². The molecule has 0 aliphatic rings. The Labute approximate surface area is 181 Å². The summed E-state index contributed by atoms with van der Waals surface area (Å²) in [6, 6.07) is 14.9. The van der Waals surface area contributed by atoms with Crippen LogP contribution in [0.5, 0.6) is 0 Å². The molecule has 30 heavy (non-hydrogen) atoms. The van der Waals surface area contributed by atoms with Gasteiger partial charge >= 0.3 is 11.9 Å². The molecule has 0 heterocycles. The van der Waals surface area contributed by atoms with Crippen LogP contribution in [0.4, 0.5) is 0 Å². The monoisotopic (exact) mass is 431 g/mol. The number of methoxy groups -OCH3 is 1. The lowest BCUT2D eigenvalue weighted by atomic mass is 9.99. The fraction of sp³-hybridized carbons (Fsp3) is 0.348. The third-order valence-electron chi connectivity index (χ3n) is 4.49. The van der Waals surface area contributed by atoms with Crippen LogP contribution in [0, 0.1) is 0 Å². The molecule has 2 aromatic rings. The second kappa shape index (κ2) is 12.0. The van der Waals surface area contributed by atoms with Gasteiger partial charge in [0.1, 0.15) is 0 Å². The van der Waals surface area contributed by atoms with E-state index in [4.69, 9.17) is 16.3 Å². The average molecular weight is 432 g/mol. The van der Waals surface area contributed by atoms with E-state index in [2.05, 4.69) is 10.1 Å². The van der Waals surface area contributed by atoms with Crippen LogP contribution in [-0.4, -0.2) is 37.6 Å². The largest absolute Gasteiger partial charge is 0.469 e. The molecule has 0 radical (unpaired) electrons. The lowest BCUT2D eigenvalue weighted by Gasteiger charge is -2.18. The van der Waals surface area contributed by atoms with E-state index in [1.807, 2.05) is 48.5 Å². The minimum Gasteiger partial charge on any atom is -0.469 e. The zero-order valence-corrected chi connectivity index (χ0v) is 17.9. The molecule has 0 bridgehead atoms. The van der Waals surface area contributed by atoms with Crippen LogP contribution in [0.2, 0.25) is 5.02 Å². The van der Waals surface area contributed by atoms with Gasteiger partial charge in [-0.15, -0.1) is 0 Å². The zero-order chi connectivity index (χ0) is 21.9. The fourth-order valence-corrected chi connectivity index (χ4v) is 3.26. The molecular formula is C23H26ClNO5. The standard InChI is InChI=1S/C23H26ClNO5/c1-3-30-23(28)15-18(25-21(26)12-13-22(27)29-2)14-16-8-10-17(11-9-16)19-6-4-5-7-20(19)24/h4-11,18H,3,12-15H2,1-2H3,(H,25,26)/t18-/m1/s1. The average Bonchev–Trinajstić information content (AvgIpc) is 2.73. The lowest BCUT2D eigenvalue weighted by molar-refractivity contribution is -0.144. The third-order valence-corrected chi connectivity index (χ3v) is 4.82. The molecule has 6 nitrogen and oxygen atoms in total. The number of hydrogen-bond acceptors (Lipinski definition) is 5. The number of ether oxygens (including phenoxy) is 2. The topological polar surface area (TPSA) is 81.7 Å². The Bertz CT molecular complexity index is 866. The van der Waals surface area contributed by atoms with E-state index in [-0.39, 0.29) is 37.7 Å². The van der Waals surface area contributed by atoms with Crippen molar-refractivity contribution in [1.29, 1.82) is 0 Å². The van der Waals surface area contributed by atoms with Gasteiger partial charge in [-0.05, 0) is 30.5 Å². The summed E-state index contributed by atoms with van der Waals surface area (Å²) in [4.78, 5) is 35.4. The first-order chi connectivity index (χ1) is 14.4. The van der Waals surface area contributed by atoms with Crippen molar-refractivity contribution in [1.82, 2.24) is 5.32 Å². The molecule has 0 saturated carbocycles. The van der Waals surface area contributed by atoms with Crippen molar-refractivity contribution >= 4 is 29.4 Å². The molecule has 0 aromatic heterocycles. The van der Waals surface area contributed by atoms with Crippen LogP contribution in [0.15, 0.2) is 48.5 Å². The molecule has 2 aromatic carbocycles. The molecule has 160 valence electrons. The Kier molecular flexibility index (Phi) is 9.35. The first kappa shape index (κ1) is 23.4. The molecule has 1 amide bonds. The van der Waals surface area contributed by atoms with Crippen LogP contribution >= 0.6 is 11.6 Å². The van der Waals surface area contributed by atoms with Gasteiger partial charge in [0.15, 0.2) is 0 Å². The number of halogens is 1. The Balaban J connectivity index is 2.06. The number of nitrogens with one attached hydrogen (secondary N) is 1. The summed E-state index contributed by atoms with van der Waals surface area (Å²) >= 11 is 6.26. The van der Waals surface area contributed by atoms with Crippen LogP contribution in [0.3, 0.4) is 0 Å². The van der Waals surface area contributed by atoms with E-state index in [9.17, 15) is 14.4 Å². The molecule has 0 aliphatic carbocycles. The van der Waals surface area contributed by atoms with E-state index in [0.29, 0.717) is 11.4 Å². The summed E-state index contributed by atoms with van der Waals surface area (Å²) in [5.41, 5.74) is 2.87. The molecule has 0 unspecified atom stereocenters. The van der Waals surface area contributed by atoms with Crippen molar-refractivity contribution in [3.63, 3.8) is 0 Å². The number of amides is 1. The van der Waals surface area contributed by atoms with E-state index in [1.54, 1.807) is 6.92 Å². The van der Waals surface area contributed by atoms with Gasteiger partial charge in [-0.1, -0.05) is 54.1 Å². The quantitative estimate of drug-likeness (QED) is 0.576. The summed E-state index contributed by atoms with van der Waals surface area (Å²) in [7, 11) is 1.27. The zero-order valence-electron chi connectivity index (χ0n) is 17.2. The number of carbonyl (C=O) groups is 3. The Morgan fingerprint density at radius 3 is 2.33 bits per heavy atom. The molecule has 0 spiro atoms. The van der Waals surface area contributed by atoms with Gasteiger partial charge in [0, 0.05) is 23.0 Å². The highest BCUT2D eigenvalue weighted by Gasteiger charge is 2.19. The maximum absolute atomic E-state index is 12.2. The van der Waals surface area contributed by atoms with Gasteiger partial charge < -0.3 is 14.8 Å². The van der Waals surface area contributed by atoms with Crippen molar-refractivity contribution in [2.45, 2.75) is 38.6 Å². The van der Waals surface area contributed by atoms with Gasteiger partial charge in [0.25, 0.3) is 0 Å². The van der Waals surface area contributed by atoms with Crippen LogP contribution < -0.4 is 5.32 Å². The highest BCUT2D eigenvalue weighted by Crippen LogP contribution is 2.27.